The van der Waals surface area contributed by atoms with Crippen LogP contribution in [0.4, 0.5) is 4.79 Å². The molecule has 1 atom stereocenters. The summed E-state index contributed by atoms with van der Waals surface area (Å²) in [6, 6.07) is -0.220. The Bertz CT molecular complexity index is 696. The molecule has 2 fully saturated rings. The second-order valence-electron chi connectivity index (χ2n) is 7.24. The number of likely N-dealkylation sites (tertiary alicyclic amines) is 2. The van der Waals surface area contributed by atoms with Gasteiger partial charge in [0.25, 0.3) is 0 Å². The van der Waals surface area contributed by atoms with Crippen molar-refractivity contribution in [3.8, 4) is 0 Å². The predicted molar refractivity (Wildman–Crippen MR) is 96.9 cm³/mol. The van der Waals surface area contributed by atoms with Gasteiger partial charge >= 0.3 is 17.9 Å². The lowest BCUT2D eigenvalue weighted by molar-refractivity contribution is -0.147. The van der Waals surface area contributed by atoms with Gasteiger partial charge in [-0.15, -0.1) is 0 Å². The highest BCUT2D eigenvalue weighted by atomic mass is 16.5. The van der Waals surface area contributed by atoms with Crippen molar-refractivity contribution < 1.29 is 19.1 Å². The number of aryl methyl sites for hydroxylation is 1. The largest absolute Gasteiger partial charge is 0.453 e. The first kappa shape index (κ1) is 19.2. The zero-order chi connectivity index (χ0) is 19.4. The van der Waals surface area contributed by atoms with E-state index in [1.165, 1.54) is 12.7 Å². The first-order valence-electron chi connectivity index (χ1n) is 9.39. The van der Waals surface area contributed by atoms with E-state index in [1.807, 2.05) is 19.4 Å². The zero-order valence-corrected chi connectivity index (χ0v) is 15.9. The first-order chi connectivity index (χ1) is 13.0. The minimum absolute atomic E-state index is 0.220. The quantitative estimate of drug-likeness (QED) is 0.756. The molecule has 1 aromatic rings. The SMILES string of the molecule is COC(=O)N1CCCC(NC(=O)C(=O)N2CCC(c3cnn(C)c3)CC2)C1. The van der Waals surface area contributed by atoms with Crippen molar-refractivity contribution in [2.75, 3.05) is 33.3 Å². The van der Waals surface area contributed by atoms with Gasteiger partial charge in [0, 0.05) is 45.5 Å². The molecule has 3 amide bonds. The fourth-order valence-corrected chi connectivity index (χ4v) is 3.85. The minimum atomic E-state index is -0.591. The average Bonchev–Trinajstić information content (AvgIpc) is 3.13. The Hall–Kier alpha value is -2.58. The Kier molecular flexibility index (Phi) is 5.98. The average molecular weight is 377 g/mol. The van der Waals surface area contributed by atoms with Crippen molar-refractivity contribution >= 4 is 17.9 Å². The van der Waals surface area contributed by atoms with Crippen LogP contribution in [0, 0.1) is 0 Å². The van der Waals surface area contributed by atoms with Crippen LogP contribution >= 0.6 is 0 Å². The van der Waals surface area contributed by atoms with Crippen molar-refractivity contribution in [1.82, 2.24) is 24.9 Å². The van der Waals surface area contributed by atoms with Crippen molar-refractivity contribution in [1.29, 1.82) is 0 Å². The Balaban J connectivity index is 1.48. The highest BCUT2D eigenvalue weighted by molar-refractivity contribution is 6.35. The molecule has 3 rings (SSSR count). The molecular formula is C18H27N5O4. The van der Waals surface area contributed by atoms with Gasteiger partial charge in [0.15, 0.2) is 0 Å². The zero-order valence-electron chi connectivity index (χ0n) is 15.9. The second kappa shape index (κ2) is 8.41. The molecule has 9 nitrogen and oxygen atoms in total. The van der Waals surface area contributed by atoms with E-state index >= 15 is 0 Å². The maximum absolute atomic E-state index is 12.5. The van der Waals surface area contributed by atoms with Crippen LogP contribution in [0.3, 0.4) is 0 Å². The van der Waals surface area contributed by atoms with Crippen LogP contribution in [0.25, 0.3) is 0 Å². The first-order valence-corrected chi connectivity index (χ1v) is 9.39. The van der Waals surface area contributed by atoms with Crippen LogP contribution in [0.1, 0.15) is 37.2 Å². The Labute approximate surface area is 158 Å². The molecule has 0 aliphatic carbocycles. The van der Waals surface area contributed by atoms with Crippen molar-refractivity contribution in [2.24, 2.45) is 7.05 Å². The van der Waals surface area contributed by atoms with Gasteiger partial charge in [-0.05, 0) is 37.2 Å². The van der Waals surface area contributed by atoms with Gasteiger partial charge in [-0.2, -0.15) is 5.10 Å². The normalized spacial score (nSPS) is 21.0. The lowest BCUT2D eigenvalue weighted by Crippen LogP contribution is -2.53. The molecule has 148 valence electrons. The van der Waals surface area contributed by atoms with Gasteiger partial charge in [0.2, 0.25) is 0 Å². The predicted octanol–water partition coefficient (Wildman–Crippen LogP) is 0.473. The van der Waals surface area contributed by atoms with E-state index in [0.717, 1.165) is 25.7 Å². The monoisotopic (exact) mass is 377 g/mol. The maximum Gasteiger partial charge on any atom is 0.409 e. The summed E-state index contributed by atoms with van der Waals surface area (Å²) in [7, 11) is 3.22. The standard InChI is InChI=1S/C18H27N5O4/c1-21-11-14(10-19-21)13-5-8-22(9-6-13)17(25)16(24)20-15-4-3-7-23(12-15)18(26)27-2/h10-11,13,15H,3-9,12H2,1-2H3,(H,20,24). The van der Waals surface area contributed by atoms with Gasteiger partial charge < -0.3 is 19.9 Å². The van der Waals surface area contributed by atoms with Gasteiger partial charge in [-0.1, -0.05) is 0 Å². The van der Waals surface area contributed by atoms with E-state index in [0.29, 0.717) is 32.1 Å². The molecule has 3 heterocycles. The Morgan fingerprint density at radius 2 is 1.89 bits per heavy atom. The van der Waals surface area contributed by atoms with E-state index in [9.17, 15) is 14.4 Å². The number of nitrogens with zero attached hydrogens (tertiary/aromatic N) is 4. The van der Waals surface area contributed by atoms with Crippen molar-refractivity contribution in [2.45, 2.75) is 37.6 Å². The summed E-state index contributed by atoms with van der Waals surface area (Å²) >= 11 is 0. The number of aromatic nitrogens is 2. The fraction of sp³-hybridized carbons (Fsp3) is 0.667. The maximum atomic E-state index is 12.5. The highest BCUT2D eigenvalue weighted by Gasteiger charge is 2.31. The van der Waals surface area contributed by atoms with E-state index in [2.05, 4.69) is 10.4 Å². The van der Waals surface area contributed by atoms with Crippen LogP contribution in [0.2, 0.25) is 0 Å². The van der Waals surface area contributed by atoms with Gasteiger partial charge in [0.05, 0.1) is 13.3 Å². The van der Waals surface area contributed by atoms with Gasteiger partial charge in [-0.25, -0.2) is 4.79 Å². The van der Waals surface area contributed by atoms with Gasteiger partial charge in [-0.3, -0.25) is 14.3 Å². The fourth-order valence-electron chi connectivity index (χ4n) is 3.85. The Morgan fingerprint density at radius 1 is 1.15 bits per heavy atom. The van der Waals surface area contributed by atoms with Crippen LogP contribution < -0.4 is 5.32 Å². The number of hydrogen-bond donors (Lipinski definition) is 1. The summed E-state index contributed by atoms with van der Waals surface area (Å²) < 4.78 is 6.51. The number of piperidine rings is 2. The second-order valence-corrected chi connectivity index (χ2v) is 7.24. The molecule has 2 saturated heterocycles. The summed E-state index contributed by atoms with van der Waals surface area (Å²) in [6.07, 6.45) is 6.63. The molecular weight excluding hydrogens is 350 g/mol. The smallest absolute Gasteiger partial charge is 0.409 e. The van der Waals surface area contributed by atoms with E-state index in [-0.39, 0.29) is 6.04 Å². The molecule has 27 heavy (non-hydrogen) atoms. The topological polar surface area (TPSA) is 96.8 Å². The molecule has 0 spiro atoms. The molecule has 0 radical (unpaired) electrons. The van der Waals surface area contributed by atoms with Crippen LogP contribution in [0.5, 0.6) is 0 Å². The summed E-state index contributed by atoms with van der Waals surface area (Å²) in [5.41, 5.74) is 1.18. The number of methoxy groups -OCH3 is 1. The number of nitrogens with one attached hydrogen (secondary N) is 1. The van der Waals surface area contributed by atoms with E-state index in [4.69, 9.17) is 4.74 Å². The molecule has 0 saturated carbocycles. The lowest BCUT2D eigenvalue weighted by Gasteiger charge is -2.34. The summed E-state index contributed by atoms with van der Waals surface area (Å²) in [6.45, 7) is 2.10. The van der Waals surface area contributed by atoms with Crippen LogP contribution in [-0.2, 0) is 21.4 Å². The summed E-state index contributed by atoms with van der Waals surface area (Å²) in [4.78, 5) is 39.7. The van der Waals surface area contributed by atoms with Crippen LogP contribution in [-0.4, -0.2) is 76.8 Å². The number of rotatable bonds is 2. The summed E-state index contributed by atoms with van der Waals surface area (Å²) in [5, 5.41) is 6.98. The van der Waals surface area contributed by atoms with Gasteiger partial charge in [0.1, 0.15) is 0 Å². The molecule has 1 aromatic heterocycles. The molecule has 2 aliphatic rings. The molecule has 9 heteroatoms. The molecule has 1 unspecified atom stereocenters. The number of hydrogen-bond acceptors (Lipinski definition) is 5. The van der Waals surface area contributed by atoms with Crippen molar-refractivity contribution in [3.63, 3.8) is 0 Å². The van der Waals surface area contributed by atoms with Crippen LogP contribution in [0.15, 0.2) is 12.4 Å². The number of carbonyl (C=O) groups is 3. The number of carbonyl (C=O) groups excluding carboxylic acids is 3. The molecule has 0 aromatic carbocycles. The molecule has 2 aliphatic heterocycles. The molecule has 1 N–H and O–H groups in total. The Morgan fingerprint density at radius 3 is 2.52 bits per heavy atom. The van der Waals surface area contributed by atoms with E-state index < -0.39 is 17.9 Å². The minimum Gasteiger partial charge on any atom is -0.453 e. The number of amides is 3. The third-order valence-corrected chi connectivity index (χ3v) is 5.36. The molecule has 0 bridgehead atoms. The van der Waals surface area contributed by atoms with Crippen molar-refractivity contribution in [3.05, 3.63) is 18.0 Å². The summed E-state index contributed by atoms with van der Waals surface area (Å²) in [5.74, 6) is -0.709. The highest BCUT2D eigenvalue weighted by Crippen LogP contribution is 2.27. The third-order valence-electron chi connectivity index (χ3n) is 5.36. The third kappa shape index (κ3) is 4.58. The number of ether oxygens (including phenoxy) is 1. The lowest BCUT2D eigenvalue weighted by atomic mass is 9.91. The van der Waals surface area contributed by atoms with E-state index in [1.54, 1.807) is 14.5 Å².